The van der Waals surface area contributed by atoms with Gasteiger partial charge in [0.2, 0.25) is 5.82 Å². The molecule has 1 aliphatic heterocycles. The average Bonchev–Trinajstić information content (AvgIpc) is 3.26. The van der Waals surface area contributed by atoms with Crippen molar-refractivity contribution in [1.29, 1.82) is 0 Å². The zero-order valence-electron chi connectivity index (χ0n) is 12.6. The van der Waals surface area contributed by atoms with E-state index in [0.717, 1.165) is 30.8 Å². The summed E-state index contributed by atoms with van der Waals surface area (Å²) in [6.07, 6.45) is 4.31. The van der Waals surface area contributed by atoms with E-state index in [0.29, 0.717) is 17.8 Å². The molecule has 1 aromatic carbocycles. The minimum absolute atomic E-state index is 0. The van der Waals surface area contributed by atoms with E-state index in [1.54, 1.807) is 0 Å². The van der Waals surface area contributed by atoms with Crippen molar-refractivity contribution in [2.24, 2.45) is 0 Å². The molecular weight excluding hydrogens is 314 g/mol. The minimum atomic E-state index is 0. The van der Waals surface area contributed by atoms with Gasteiger partial charge in [-0.2, -0.15) is 10.1 Å². The lowest BCUT2D eigenvalue weighted by Crippen LogP contribution is -2.31. The average molecular weight is 332 g/mol. The minimum Gasteiger partial charge on any atom is -0.332 e. The molecule has 1 aliphatic rings. The molecule has 1 N–H and O–H groups in total. The van der Waals surface area contributed by atoms with Crippen LogP contribution in [0.15, 0.2) is 47.1 Å². The van der Waals surface area contributed by atoms with Crippen LogP contribution in [-0.2, 0) is 0 Å². The van der Waals surface area contributed by atoms with Crippen molar-refractivity contribution in [2.75, 3.05) is 13.1 Å². The topological polar surface area (TPSA) is 68.8 Å². The second kappa shape index (κ2) is 6.93. The number of halogens is 1. The lowest BCUT2D eigenvalue weighted by molar-refractivity contribution is 0.346. The summed E-state index contributed by atoms with van der Waals surface area (Å²) in [6.45, 7) is 2.05. The van der Waals surface area contributed by atoms with Crippen molar-refractivity contribution in [1.82, 2.24) is 25.2 Å². The molecule has 3 aromatic rings. The Morgan fingerprint density at radius 2 is 2.04 bits per heavy atom. The van der Waals surface area contributed by atoms with E-state index in [9.17, 15) is 0 Å². The highest BCUT2D eigenvalue weighted by atomic mass is 35.5. The molecule has 23 heavy (non-hydrogen) atoms. The van der Waals surface area contributed by atoms with Crippen molar-refractivity contribution < 1.29 is 4.52 Å². The second-order valence-electron chi connectivity index (χ2n) is 5.47. The summed E-state index contributed by atoms with van der Waals surface area (Å²) < 4.78 is 7.35. The van der Waals surface area contributed by atoms with Crippen molar-refractivity contribution in [3.63, 3.8) is 0 Å². The van der Waals surface area contributed by atoms with Crippen LogP contribution in [0.2, 0.25) is 0 Å². The standard InChI is InChI=1S/C16H17N5O.ClH/c1-2-5-12(6-3-1)15-18-16(22-20-15)14-8-10-21(19-14)13-7-4-9-17-11-13;/h1-3,5-6,8,10,13,17H,4,7,9,11H2;1H. The lowest BCUT2D eigenvalue weighted by atomic mass is 10.1. The van der Waals surface area contributed by atoms with Gasteiger partial charge in [0.05, 0.1) is 6.04 Å². The van der Waals surface area contributed by atoms with Crippen LogP contribution >= 0.6 is 12.4 Å². The Morgan fingerprint density at radius 3 is 2.83 bits per heavy atom. The van der Waals surface area contributed by atoms with Crippen LogP contribution in [0, 0.1) is 0 Å². The molecule has 2 aromatic heterocycles. The third-order valence-electron chi connectivity index (χ3n) is 3.93. The van der Waals surface area contributed by atoms with Crippen LogP contribution in [-0.4, -0.2) is 33.0 Å². The van der Waals surface area contributed by atoms with Gasteiger partial charge < -0.3 is 9.84 Å². The molecule has 0 spiro atoms. The summed E-state index contributed by atoms with van der Waals surface area (Å²) >= 11 is 0. The lowest BCUT2D eigenvalue weighted by Gasteiger charge is -2.22. The van der Waals surface area contributed by atoms with Crippen molar-refractivity contribution in [3.05, 3.63) is 42.6 Å². The molecule has 0 saturated carbocycles. The Hall–Kier alpha value is -2.18. The van der Waals surface area contributed by atoms with Crippen LogP contribution in [0.5, 0.6) is 0 Å². The molecule has 1 atom stereocenters. The Labute approximate surface area is 140 Å². The van der Waals surface area contributed by atoms with Gasteiger partial charge in [0.1, 0.15) is 0 Å². The van der Waals surface area contributed by atoms with E-state index in [1.165, 1.54) is 6.42 Å². The third kappa shape index (κ3) is 3.28. The summed E-state index contributed by atoms with van der Waals surface area (Å²) in [6, 6.07) is 12.1. The normalized spacial score (nSPS) is 17.7. The maximum absolute atomic E-state index is 5.35. The van der Waals surface area contributed by atoms with Crippen molar-refractivity contribution in [2.45, 2.75) is 18.9 Å². The summed E-state index contributed by atoms with van der Waals surface area (Å²) in [4.78, 5) is 4.44. The first kappa shape index (κ1) is 15.7. The number of hydrogen-bond acceptors (Lipinski definition) is 5. The largest absolute Gasteiger partial charge is 0.332 e. The first-order valence-corrected chi connectivity index (χ1v) is 7.55. The molecule has 6 nitrogen and oxygen atoms in total. The Balaban J connectivity index is 0.00000156. The molecule has 7 heteroatoms. The van der Waals surface area contributed by atoms with E-state index in [-0.39, 0.29) is 12.4 Å². The molecule has 0 aliphatic carbocycles. The quantitative estimate of drug-likeness (QED) is 0.799. The number of rotatable bonds is 3. The number of nitrogens with one attached hydrogen (secondary N) is 1. The van der Waals surface area contributed by atoms with Crippen molar-refractivity contribution in [3.8, 4) is 23.0 Å². The number of nitrogens with zero attached hydrogens (tertiary/aromatic N) is 4. The molecule has 4 rings (SSSR count). The van der Waals surface area contributed by atoms with Crippen molar-refractivity contribution >= 4 is 12.4 Å². The Morgan fingerprint density at radius 1 is 1.17 bits per heavy atom. The summed E-state index contributed by atoms with van der Waals surface area (Å²) in [5.41, 5.74) is 1.66. The smallest absolute Gasteiger partial charge is 0.278 e. The molecule has 1 fully saturated rings. The Bertz CT molecular complexity index is 749. The zero-order valence-corrected chi connectivity index (χ0v) is 13.4. The predicted octanol–water partition coefficient (Wildman–Crippen LogP) is 2.95. The molecule has 0 bridgehead atoms. The van der Waals surface area contributed by atoms with Crippen LogP contribution in [0.25, 0.3) is 23.0 Å². The van der Waals surface area contributed by atoms with Crippen LogP contribution in [0.1, 0.15) is 18.9 Å². The molecule has 1 unspecified atom stereocenters. The maximum Gasteiger partial charge on any atom is 0.278 e. The van der Waals surface area contributed by atoms with Crippen LogP contribution in [0.3, 0.4) is 0 Å². The molecule has 0 radical (unpaired) electrons. The van der Waals surface area contributed by atoms with Gasteiger partial charge in [-0.15, -0.1) is 12.4 Å². The summed E-state index contributed by atoms with van der Waals surface area (Å²) in [7, 11) is 0. The molecule has 0 amide bonds. The monoisotopic (exact) mass is 331 g/mol. The maximum atomic E-state index is 5.35. The van der Waals surface area contributed by atoms with Crippen LogP contribution < -0.4 is 5.32 Å². The second-order valence-corrected chi connectivity index (χ2v) is 5.47. The van der Waals surface area contributed by atoms with Gasteiger partial charge in [0, 0.05) is 18.3 Å². The third-order valence-corrected chi connectivity index (χ3v) is 3.93. The zero-order chi connectivity index (χ0) is 14.8. The molecule has 120 valence electrons. The molecule has 3 heterocycles. The highest BCUT2D eigenvalue weighted by Gasteiger charge is 2.18. The summed E-state index contributed by atoms with van der Waals surface area (Å²) in [5, 5.41) is 12.0. The fourth-order valence-electron chi connectivity index (χ4n) is 2.75. The van der Waals surface area contributed by atoms with E-state index in [1.807, 2.05) is 47.3 Å². The van der Waals surface area contributed by atoms with Gasteiger partial charge in [-0.1, -0.05) is 35.5 Å². The van der Waals surface area contributed by atoms with Gasteiger partial charge in [-0.05, 0) is 25.5 Å². The SMILES string of the molecule is Cl.c1ccc(-c2noc(-c3ccn(C4CCCNC4)n3)n2)cc1. The van der Waals surface area contributed by atoms with Gasteiger partial charge in [0.15, 0.2) is 5.69 Å². The first-order chi connectivity index (χ1) is 10.9. The van der Waals surface area contributed by atoms with Gasteiger partial charge in [-0.3, -0.25) is 4.68 Å². The van der Waals surface area contributed by atoms with E-state index >= 15 is 0 Å². The molecule has 1 saturated heterocycles. The Kier molecular flexibility index (Phi) is 4.73. The van der Waals surface area contributed by atoms with Gasteiger partial charge in [-0.25, -0.2) is 0 Å². The fraction of sp³-hybridized carbons (Fsp3) is 0.312. The number of benzene rings is 1. The van der Waals surface area contributed by atoms with Crippen LogP contribution in [0.4, 0.5) is 0 Å². The number of hydrogen-bond donors (Lipinski definition) is 1. The van der Waals surface area contributed by atoms with Gasteiger partial charge >= 0.3 is 0 Å². The van der Waals surface area contributed by atoms with E-state index in [2.05, 4.69) is 20.6 Å². The fourth-order valence-corrected chi connectivity index (χ4v) is 2.75. The highest BCUT2D eigenvalue weighted by Crippen LogP contribution is 2.22. The van der Waals surface area contributed by atoms with E-state index < -0.39 is 0 Å². The number of piperidine rings is 1. The van der Waals surface area contributed by atoms with E-state index in [4.69, 9.17) is 4.52 Å². The van der Waals surface area contributed by atoms with Gasteiger partial charge in [0.25, 0.3) is 5.89 Å². The number of aromatic nitrogens is 4. The molecular formula is C16H18ClN5O. The predicted molar refractivity (Wildman–Crippen MR) is 89.3 cm³/mol. The highest BCUT2D eigenvalue weighted by molar-refractivity contribution is 5.85. The summed E-state index contributed by atoms with van der Waals surface area (Å²) in [5.74, 6) is 1.05. The first-order valence-electron chi connectivity index (χ1n) is 7.55.